The van der Waals surface area contributed by atoms with E-state index in [0.29, 0.717) is 11.4 Å². The van der Waals surface area contributed by atoms with Gasteiger partial charge in [-0.25, -0.2) is 0 Å². The van der Waals surface area contributed by atoms with Gasteiger partial charge in [-0.05, 0) is 29.0 Å². The molecule has 2 N–H and O–H groups in total. The quantitative estimate of drug-likeness (QED) is 0.508. The van der Waals surface area contributed by atoms with Crippen LogP contribution in [0.15, 0.2) is 66.7 Å². The van der Waals surface area contributed by atoms with Crippen LogP contribution in [0, 0.1) is 10.1 Å². The van der Waals surface area contributed by atoms with E-state index in [4.69, 9.17) is 4.74 Å². The van der Waals surface area contributed by atoms with E-state index in [1.807, 2.05) is 42.5 Å². The zero-order chi connectivity index (χ0) is 17.6. The molecule has 3 aromatic carbocycles. The van der Waals surface area contributed by atoms with Crippen molar-refractivity contribution in [1.29, 1.82) is 0 Å². The monoisotopic (exact) mass is 338 g/mol. The molecule has 0 amide bonds. The van der Waals surface area contributed by atoms with Gasteiger partial charge in [0.2, 0.25) is 0 Å². The second-order valence-corrected chi connectivity index (χ2v) is 5.63. The van der Waals surface area contributed by atoms with Crippen molar-refractivity contribution in [2.75, 3.05) is 18.5 Å². The molecule has 0 radical (unpaired) electrons. The van der Waals surface area contributed by atoms with E-state index >= 15 is 0 Å². The highest BCUT2D eigenvalue weighted by Gasteiger charge is 2.13. The number of hydrogen-bond acceptors (Lipinski definition) is 5. The third kappa shape index (κ3) is 4.24. The Bertz CT molecular complexity index is 882. The molecule has 128 valence electrons. The molecule has 0 heterocycles. The molecule has 0 saturated heterocycles. The van der Waals surface area contributed by atoms with Crippen molar-refractivity contribution >= 4 is 22.1 Å². The lowest BCUT2D eigenvalue weighted by Crippen LogP contribution is -2.26. The normalized spacial score (nSPS) is 11.9. The minimum atomic E-state index is -0.800. The first-order chi connectivity index (χ1) is 12.1. The minimum Gasteiger partial charge on any atom is -0.491 e. The van der Waals surface area contributed by atoms with Crippen LogP contribution in [0.1, 0.15) is 0 Å². The molecule has 6 nitrogen and oxygen atoms in total. The molecule has 0 aliphatic rings. The van der Waals surface area contributed by atoms with E-state index in [9.17, 15) is 15.2 Å². The van der Waals surface area contributed by atoms with Gasteiger partial charge in [-0.2, -0.15) is 0 Å². The van der Waals surface area contributed by atoms with Gasteiger partial charge in [0.25, 0.3) is 5.69 Å². The largest absolute Gasteiger partial charge is 0.491 e. The number of aliphatic hydroxyl groups is 1. The van der Waals surface area contributed by atoms with Crippen molar-refractivity contribution in [3.63, 3.8) is 0 Å². The van der Waals surface area contributed by atoms with Crippen LogP contribution in [0.25, 0.3) is 10.8 Å². The Morgan fingerprint density at radius 3 is 2.56 bits per heavy atom. The molecule has 3 aromatic rings. The summed E-state index contributed by atoms with van der Waals surface area (Å²) in [6.45, 7) is 0.240. The van der Waals surface area contributed by atoms with Crippen molar-refractivity contribution < 1.29 is 14.8 Å². The standard InChI is InChI=1S/C19H18N2O4/c22-16(12-20-18-7-3-4-8-19(18)21(23)24)13-25-17-10-9-14-5-1-2-6-15(14)11-17/h1-11,16,20,22H,12-13H2. The maximum Gasteiger partial charge on any atom is 0.292 e. The Hall–Kier alpha value is -3.12. The molecule has 25 heavy (non-hydrogen) atoms. The number of aliphatic hydroxyl groups excluding tert-OH is 1. The van der Waals surface area contributed by atoms with Crippen molar-refractivity contribution in [3.8, 4) is 5.75 Å². The molecule has 0 saturated carbocycles. The number of rotatable bonds is 7. The number of nitrogens with zero attached hydrogens (tertiary/aromatic N) is 1. The average molecular weight is 338 g/mol. The molecule has 3 rings (SSSR count). The van der Waals surface area contributed by atoms with E-state index in [-0.39, 0.29) is 18.8 Å². The second-order valence-electron chi connectivity index (χ2n) is 5.63. The van der Waals surface area contributed by atoms with Gasteiger partial charge in [0.15, 0.2) is 0 Å². The van der Waals surface area contributed by atoms with E-state index in [1.165, 1.54) is 6.07 Å². The number of nitrogens with one attached hydrogen (secondary N) is 1. The summed E-state index contributed by atoms with van der Waals surface area (Å²) >= 11 is 0. The zero-order valence-corrected chi connectivity index (χ0v) is 13.5. The lowest BCUT2D eigenvalue weighted by atomic mass is 10.1. The number of para-hydroxylation sites is 2. The summed E-state index contributed by atoms with van der Waals surface area (Å²) < 4.78 is 5.62. The summed E-state index contributed by atoms with van der Waals surface area (Å²) in [5, 5.41) is 26.1. The Morgan fingerprint density at radius 1 is 1.04 bits per heavy atom. The van der Waals surface area contributed by atoms with Gasteiger partial charge in [0, 0.05) is 12.6 Å². The molecular weight excluding hydrogens is 320 g/mol. The van der Waals surface area contributed by atoms with Gasteiger partial charge in [0.05, 0.1) is 4.92 Å². The van der Waals surface area contributed by atoms with Crippen LogP contribution in [0.5, 0.6) is 5.75 Å². The van der Waals surface area contributed by atoms with Gasteiger partial charge >= 0.3 is 0 Å². The fourth-order valence-electron chi connectivity index (χ4n) is 2.52. The first-order valence-electron chi connectivity index (χ1n) is 7.90. The Labute approximate surface area is 144 Å². The molecular formula is C19H18N2O4. The number of benzene rings is 3. The van der Waals surface area contributed by atoms with Gasteiger partial charge in [-0.1, -0.05) is 42.5 Å². The molecule has 0 bridgehead atoms. The summed E-state index contributed by atoms with van der Waals surface area (Å²) in [6, 6.07) is 20.0. The summed E-state index contributed by atoms with van der Waals surface area (Å²) in [5.74, 6) is 0.670. The number of anilines is 1. The summed E-state index contributed by atoms with van der Waals surface area (Å²) in [4.78, 5) is 10.5. The van der Waals surface area contributed by atoms with Gasteiger partial charge in [0.1, 0.15) is 24.1 Å². The number of hydrogen-bond donors (Lipinski definition) is 2. The predicted molar refractivity (Wildman–Crippen MR) is 97.0 cm³/mol. The molecule has 6 heteroatoms. The number of nitro groups is 1. The van der Waals surface area contributed by atoms with Gasteiger partial charge in [-0.3, -0.25) is 10.1 Å². The molecule has 0 aliphatic heterocycles. The van der Waals surface area contributed by atoms with Crippen LogP contribution >= 0.6 is 0 Å². The molecule has 1 unspecified atom stereocenters. The fourth-order valence-corrected chi connectivity index (χ4v) is 2.52. The van der Waals surface area contributed by atoms with Crippen molar-refractivity contribution in [2.45, 2.75) is 6.10 Å². The number of fused-ring (bicyclic) bond motifs is 1. The van der Waals surface area contributed by atoms with Gasteiger partial charge in [-0.15, -0.1) is 0 Å². The highest BCUT2D eigenvalue weighted by atomic mass is 16.6. The Morgan fingerprint density at radius 2 is 1.76 bits per heavy atom. The number of nitro benzene ring substituents is 1. The highest BCUT2D eigenvalue weighted by molar-refractivity contribution is 5.83. The smallest absolute Gasteiger partial charge is 0.292 e. The topological polar surface area (TPSA) is 84.6 Å². The Kier molecular flexibility index (Phi) is 5.11. The summed E-state index contributed by atoms with van der Waals surface area (Å²) in [7, 11) is 0. The zero-order valence-electron chi connectivity index (χ0n) is 13.5. The molecule has 0 spiro atoms. The summed E-state index contributed by atoms with van der Waals surface area (Å²) in [6.07, 6.45) is -0.800. The van der Waals surface area contributed by atoms with Crippen molar-refractivity contribution in [3.05, 3.63) is 76.8 Å². The second kappa shape index (κ2) is 7.63. The van der Waals surface area contributed by atoms with E-state index < -0.39 is 11.0 Å². The fraction of sp³-hybridized carbons (Fsp3) is 0.158. The first-order valence-corrected chi connectivity index (χ1v) is 7.90. The van der Waals surface area contributed by atoms with Crippen molar-refractivity contribution in [2.24, 2.45) is 0 Å². The molecule has 1 atom stereocenters. The maximum absolute atomic E-state index is 11.0. The SMILES string of the molecule is O=[N+]([O-])c1ccccc1NCC(O)COc1ccc2ccccc2c1. The van der Waals surface area contributed by atoms with Crippen LogP contribution < -0.4 is 10.1 Å². The molecule has 0 fully saturated rings. The van der Waals surface area contributed by atoms with Crippen LogP contribution in [-0.4, -0.2) is 29.3 Å². The van der Waals surface area contributed by atoms with Crippen LogP contribution in [0.2, 0.25) is 0 Å². The maximum atomic E-state index is 11.0. The molecule has 0 aromatic heterocycles. The lowest BCUT2D eigenvalue weighted by molar-refractivity contribution is -0.384. The van der Waals surface area contributed by atoms with E-state index in [2.05, 4.69) is 5.32 Å². The van der Waals surface area contributed by atoms with E-state index in [0.717, 1.165) is 10.8 Å². The lowest BCUT2D eigenvalue weighted by Gasteiger charge is -2.14. The van der Waals surface area contributed by atoms with Crippen molar-refractivity contribution in [1.82, 2.24) is 0 Å². The summed E-state index contributed by atoms with van der Waals surface area (Å²) in [5.41, 5.74) is 0.349. The highest BCUT2D eigenvalue weighted by Crippen LogP contribution is 2.23. The third-order valence-corrected chi connectivity index (χ3v) is 3.79. The molecule has 0 aliphatic carbocycles. The first kappa shape index (κ1) is 16.7. The average Bonchev–Trinajstić information content (AvgIpc) is 2.64. The van der Waals surface area contributed by atoms with Crippen LogP contribution in [0.4, 0.5) is 11.4 Å². The third-order valence-electron chi connectivity index (χ3n) is 3.79. The predicted octanol–water partition coefficient (Wildman–Crippen LogP) is 3.60. The van der Waals surface area contributed by atoms with E-state index in [1.54, 1.807) is 18.2 Å². The minimum absolute atomic E-state index is 0.0230. The Balaban J connectivity index is 1.56. The van der Waals surface area contributed by atoms with Crippen LogP contribution in [-0.2, 0) is 0 Å². The van der Waals surface area contributed by atoms with Crippen LogP contribution in [0.3, 0.4) is 0 Å². The number of ether oxygens (including phenoxy) is 1. The van der Waals surface area contributed by atoms with Gasteiger partial charge < -0.3 is 15.2 Å².